The lowest BCUT2D eigenvalue weighted by Gasteiger charge is -2.12. The van der Waals surface area contributed by atoms with Gasteiger partial charge in [0.05, 0.1) is 20.3 Å². The van der Waals surface area contributed by atoms with Crippen LogP contribution in [0, 0.1) is 0 Å². The van der Waals surface area contributed by atoms with Crippen LogP contribution in [0.25, 0.3) is 11.1 Å². The quantitative estimate of drug-likeness (QED) is 0.941. The minimum Gasteiger partial charge on any atom is -0.453 e. The normalized spacial score (nSPS) is 16.3. The summed E-state index contributed by atoms with van der Waals surface area (Å²) in [5.41, 5.74) is 4.54. The predicted molar refractivity (Wildman–Crippen MR) is 77.6 cm³/mol. The number of rotatable bonds is 3. The number of benzene rings is 1. The molecule has 5 nitrogen and oxygen atoms in total. The molecule has 1 amide bonds. The van der Waals surface area contributed by atoms with E-state index in [1.807, 2.05) is 24.3 Å². The van der Waals surface area contributed by atoms with Crippen molar-refractivity contribution in [1.82, 2.24) is 10.3 Å². The Bertz CT molecular complexity index is 643. The zero-order valence-electron chi connectivity index (χ0n) is 11.7. The summed E-state index contributed by atoms with van der Waals surface area (Å²) in [6, 6.07) is 10.1. The zero-order valence-corrected chi connectivity index (χ0v) is 11.7. The number of pyridine rings is 1. The fourth-order valence-corrected chi connectivity index (χ4v) is 2.56. The second-order valence-electron chi connectivity index (χ2n) is 4.78. The molecular weight excluding hydrogens is 268 g/mol. The van der Waals surface area contributed by atoms with Crippen LogP contribution in [0.3, 0.4) is 0 Å². The largest absolute Gasteiger partial charge is 0.453 e. The molecule has 0 radical (unpaired) electrons. The van der Waals surface area contributed by atoms with Crippen molar-refractivity contribution in [3.8, 4) is 11.1 Å². The summed E-state index contributed by atoms with van der Waals surface area (Å²) >= 11 is 0. The number of ether oxygens (including phenoxy) is 2. The summed E-state index contributed by atoms with van der Waals surface area (Å²) in [6.07, 6.45) is 2.97. The maximum Gasteiger partial charge on any atom is 0.406 e. The standard InChI is InChI=1S/C16H16N2O3/c1-20-16(19)18-9-15-13-4-2-3-12(14(13)10-21-15)11-5-7-17-8-6-11/h2-8,15H,9-10H2,1H3,(H,18,19). The molecular formula is C16H16N2O3. The van der Waals surface area contributed by atoms with Crippen LogP contribution in [0.2, 0.25) is 0 Å². The number of alkyl carbamates (subject to hydrolysis) is 1. The molecule has 0 bridgehead atoms. The summed E-state index contributed by atoms with van der Waals surface area (Å²) < 4.78 is 10.4. The van der Waals surface area contributed by atoms with Crippen LogP contribution in [0.1, 0.15) is 17.2 Å². The van der Waals surface area contributed by atoms with Crippen LogP contribution in [0.5, 0.6) is 0 Å². The Kier molecular flexibility index (Phi) is 3.83. The maximum atomic E-state index is 11.2. The van der Waals surface area contributed by atoms with Gasteiger partial charge in [0.1, 0.15) is 6.10 Å². The van der Waals surface area contributed by atoms with Crippen molar-refractivity contribution in [2.24, 2.45) is 0 Å². The fourth-order valence-electron chi connectivity index (χ4n) is 2.56. The molecule has 3 rings (SSSR count). The van der Waals surface area contributed by atoms with Crippen molar-refractivity contribution in [2.45, 2.75) is 12.7 Å². The second-order valence-corrected chi connectivity index (χ2v) is 4.78. The van der Waals surface area contributed by atoms with Gasteiger partial charge in [0.2, 0.25) is 0 Å². The van der Waals surface area contributed by atoms with Gasteiger partial charge in [0.25, 0.3) is 0 Å². The van der Waals surface area contributed by atoms with Crippen LogP contribution in [-0.4, -0.2) is 24.7 Å². The van der Waals surface area contributed by atoms with Gasteiger partial charge < -0.3 is 14.8 Å². The summed E-state index contributed by atoms with van der Waals surface area (Å²) in [5.74, 6) is 0. The fraction of sp³-hybridized carbons (Fsp3) is 0.250. The van der Waals surface area contributed by atoms with E-state index >= 15 is 0 Å². The number of nitrogens with one attached hydrogen (secondary N) is 1. The van der Waals surface area contributed by atoms with Gasteiger partial charge in [-0.05, 0) is 34.4 Å². The van der Waals surface area contributed by atoms with Crippen molar-refractivity contribution < 1.29 is 14.3 Å². The summed E-state index contributed by atoms with van der Waals surface area (Å²) in [6.45, 7) is 0.945. The average molecular weight is 284 g/mol. The van der Waals surface area contributed by atoms with E-state index in [4.69, 9.17) is 4.74 Å². The Morgan fingerprint density at radius 3 is 2.95 bits per heavy atom. The lowest BCUT2D eigenvalue weighted by atomic mass is 9.95. The van der Waals surface area contributed by atoms with Crippen LogP contribution in [0.15, 0.2) is 42.7 Å². The first kappa shape index (κ1) is 13.6. The van der Waals surface area contributed by atoms with Crippen LogP contribution >= 0.6 is 0 Å². The zero-order chi connectivity index (χ0) is 14.7. The second kappa shape index (κ2) is 5.93. The average Bonchev–Trinajstić information content (AvgIpc) is 2.96. The Labute approximate surface area is 122 Å². The van der Waals surface area contributed by atoms with E-state index in [1.165, 1.54) is 12.7 Å². The molecule has 5 heteroatoms. The third-order valence-corrected chi connectivity index (χ3v) is 3.60. The maximum absolute atomic E-state index is 11.2. The van der Waals surface area contributed by atoms with Crippen LogP contribution in [-0.2, 0) is 16.1 Å². The first-order chi connectivity index (χ1) is 10.3. The van der Waals surface area contributed by atoms with Crippen molar-refractivity contribution in [1.29, 1.82) is 0 Å². The number of aromatic nitrogens is 1. The van der Waals surface area contributed by atoms with E-state index < -0.39 is 6.09 Å². The molecule has 1 unspecified atom stereocenters. The van der Waals surface area contributed by atoms with Gasteiger partial charge >= 0.3 is 6.09 Å². The number of amides is 1. The number of fused-ring (bicyclic) bond motifs is 1. The van der Waals surface area contributed by atoms with Gasteiger partial charge in [0.15, 0.2) is 0 Å². The van der Waals surface area contributed by atoms with E-state index in [-0.39, 0.29) is 6.10 Å². The highest BCUT2D eigenvalue weighted by Crippen LogP contribution is 2.36. The molecule has 1 aliphatic rings. The molecule has 108 valence electrons. The van der Waals surface area contributed by atoms with Crippen molar-refractivity contribution in [2.75, 3.05) is 13.7 Å². The van der Waals surface area contributed by atoms with Gasteiger partial charge in [-0.15, -0.1) is 0 Å². The Morgan fingerprint density at radius 1 is 1.38 bits per heavy atom. The third-order valence-electron chi connectivity index (χ3n) is 3.60. The van der Waals surface area contributed by atoms with Crippen molar-refractivity contribution in [3.05, 3.63) is 53.9 Å². The topological polar surface area (TPSA) is 60.5 Å². The first-order valence-electron chi connectivity index (χ1n) is 6.75. The Balaban J connectivity index is 1.86. The predicted octanol–water partition coefficient (Wildman–Crippen LogP) is 2.68. The third kappa shape index (κ3) is 2.73. The monoisotopic (exact) mass is 284 g/mol. The molecule has 21 heavy (non-hydrogen) atoms. The Morgan fingerprint density at radius 2 is 2.19 bits per heavy atom. The molecule has 0 aliphatic carbocycles. The highest BCUT2D eigenvalue weighted by molar-refractivity contribution is 5.69. The molecule has 2 heterocycles. The van der Waals surface area contributed by atoms with Gasteiger partial charge in [-0.3, -0.25) is 4.98 Å². The molecule has 0 spiro atoms. The molecule has 0 fully saturated rings. The number of carbonyl (C=O) groups excluding carboxylic acids is 1. The van der Waals surface area contributed by atoms with Gasteiger partial charge in [-0.2, -0.15) is 0 Å². The molecule has 1 aromatic carbocycles. The van der Waals surface area contributed by atoms with E-state index in [9.17, 15) is 4.79 Å². The van der Waals surface area contributed by atoms with Crippen molar-refractivity contribution in [3.63, 3.8) is 0 Å². The minimum absolute atomic E-state index is 0.138. The molecule has 1 N–H and O–H groups in total. The van der Waals surface area contributed by atoms with E-state index in [0.29, 0.717) is 13.2 Å². The van der Waals surface area contributed by atoms with Gasteiger partial charge in [-0.25, -0.2) is 4.79 Å². The molecule has 0 saturated heterocycles. The summed E-state index contributed by atoms with van der Waals surface area (Å²) in [5, 5.41) is 2.68. The highest BCUT2D eigenvalue weighted by Gasteiger charge is 2.26. The highest BCUT2D eigenvalue weighted by atomic mass is 16.5. The Hall–Kier alpha value is -2.40. The lowest BCUT2D eigenvalue weighted by Crippen LogP contribution is -2.27. The molecule has 2 aromatic rings. The number of methoxy groups -OCH3 is 1. The first-order valence-corrected chi connectivity index (χ1v) is 6.75. The molecule has 1 atom stereocenters. The van der Waals surface area contributed by atoms with E-state index in [0.717, 1.165) is 16.7 Å². The smallest absolute Gasteiger partial charge is 0.406 e. The number of carbonyl (C=O) groups is 1. The van der Waals surface area contributed by atoms with Gasteiger partial charge in [-0.1, -0.05) is 18.2 Å². The number of hydrogen-bond acceptors (Lipinski definition) is 4. The van der Waals surface area contributed by atoms with Crippen molar-refractivity contribution >= 4 is 6.09 Å². The van der Waals surface area contributed by atoms with Crippen LogP contribution < -0.4 is 5.32 Å². The van der Waals surface area contributed by atoms with E-state index in [2.05, 4.69) is 21.1 Å². The summed E-state index contributed by atoms with van der Waals surface area (Å²) in [7, 11) is 1.35. The number of hydrogen-bond donors (Lipinski definition) is 1. The minimum atomic E-state index is -0.447. The van der Waals surface area contributed by atoms with Gasteiger partial charge in [0, 0.05) is 12.4 Å². The van der Waals surface area contributed by atoms with Crippen LogP contribution in [0.4, 0.5) is 4.79 Å². The number of nitrogens with zero attached hydrogens (tertiary/aromatic N) is 1. The summed E-state index contributed by atoms with van der Waals surface area (Å²) in [4.78, 5) is 15.2. The molecule has 1 aliphatic heterocycles. The molecule has 0 saturated carbocycles. The molecule has 1 aromatic heterocycles. The SMILES string of the molecule is COC(=O)NCC1OCc2c(-c3ccncc3)cccc21. The van der Waals surface area contributed by atoms with E-state index in [1.54, 1.807) is 12.4 Å². The lowest BCUT2D eigenvalue weighted by molar-refractivity contribution is 0.0648.